The summed E-state index contributed by atoms with van der Waals surface area (Å²) in [5.74, 6) is 0.260. The molecule has 0 radical (unpaired) electrons. The van der Waals surface area contributed by atoms with Crippen molar-refractivity contribution in [2.45, 2.75) is 32.6 Å². The summed E-state index contributed by atoms with van der Waals surface area (Å²) in [4.78, 5) is 10.2. The van der Waals surface area contributed by atoms with E-state index in [0.29, 0.717) is 5.56 Å². The second kappa shape index (κ2) is 6.00. The molecule has 2 aromatic rings. The zero-order chi connectivity index (χ0) is 17.4. The normalized spacial score (nSPS) is 11.3. The molecule has 2 aromatic carbocycles. The molecule has 0 spiro atoms. The minimum Gasteiger partial charge on any atom is -0.378 e. The Kier molecular flexibility index (Phi) is 4.42. The van der Waals surface area contributed by atoms with Crippen LogP contribution in [-0.4, -0.2) is 13.3 Å². The van der Waals surface area contributed by atoms with Crippen molar-refractivity contribution >= 4 is 15.8 Å². The molecule has 0 bridgehead atoms. The van der Waals surface area contributed by atoms with Crippen molar-refractivity contribution in [2.75, 3.05) is 0 Å². The van der Waals surface area contributed by atoms with Gasteiger partial charge in [-0.05, 0) is 50.5 Å². The molecule has 0 aliphatic heterocycles. The van der Waals surface area contributed by atoms with Crippen LogP contribution in [0.2, 0.25) is 0 Å². The monoisotopic (exact) mass is 335 g/mol. The Bertz CT molecular complexity index is 888. The van der Waals surface area contributed by atoms with Gasteiger partial charge >= 0.3 is 10.1 Å². The summed E-state index contributed by atoms with van der Waals surface area (Å²) < 4.78 is 30.4. The average Bonchev–Trinajstić information content (AvgIpc) is 2.47. The fraction of sp³-hybridized carbons (Fsp3) is 0.250. The molecule has 122 valence electrons. The fourth-order valence-corrected chi connectivity index (χ4v) is 3.57. The maximum atomic E-state index is 12.6. The number of benzene rings is 2. The van der Waals surface area contributed by atoms with Crippen LogP contribution in [0.25, 0.3) is 0 Å². The van der Waals surface area contributed by atoms with E-state index in [2.05, 4.69) is 0 Å². The molecule has 0 unspecified atom stereocenters. The van der Waals surface area contributed by atoms with E-state index in [1.807, 2.05) is 13.0 Å². The van der Waals surface area contributed by atoms with Crippen molar-refractivity contribution < 1.29 is 17.5 Å². The van der Waals surface area contributed by atoms with E-state index in [9.17, 15) is 18.5 Å². The Balaban J connectivity index is 2.56. The molecule has 0 amide bonds. The fourth-order valence-electron chi connectivity index (χ4n) is 2.28. The molecule has 0 aromatic heterocycles. The highest BCUT2D eigenvalue weighted by molar-refractivity contribution is 7.87. The van der Waals surface area contributed by atoms with Crippen LogP contribution in [0.1, 0.15) is 22.3 Å². The summed E-state index contributed by atoms with van der Waals surface area (Å²) in [6, 6.07) is 7.54. The lowest BCUT2D eigenvalue weighted by Gasteiger charge is -2.14. The van der Waals surface area contributed by atoms with Gasteiger partial charge < -0.3 is 4.18 Å². The first-order chi connectivity index (χ1) is 10.6. The van der Waals surface area contributed by atoms with Crippen molar-refractivity contribution in [3.8, 4) is 5.75 Å². The molecular weight excluding hydrogens is 318 g/mol. The van der Waals surface area contributed by atoms with Crippen LogP contribution in [0.3, 0.4) is 0 Å². The summed E-state index contributed by atoms with van der Waals surface area (Å²) in [6.45, 7) is 6.77. The smallest absolute Gasteiger partial charge is 0.339 e. The molecule has 0 heterocycles. The zero-order valence-corrected chi connectivity index (χ0v) is 14.1. The van der Waals surface area contributed by atoms with Gasteiger partial charge in [0.1, 0.15) is 10.6 Å². The standard InChI is InChI=1S/C16H17NO5S/c1-10-8-9-11(2)16(12(10)3)22-23(20,21)15-7-5-6-14(13(15)4)17(18)19/h5-9H,1-4H3. The SMILES string of the molecule is Cc1ccc(C)c(OS(=O)(=O)c2cccc([N+](=O)[O-])c2C)c1C. The van der Waals surface area contributed by atoms with Crippen molar-refractivity contribution in [2.24, 2.45) is 0 Å². The van der Waals surface area contributed by atoms with E-state index in [1.165, 1.54) is 25.1 Å². The predicted octanol–water partition coefficient (Wildman–Crippen LogP) is 3.60. The number of rotatable bonds is 4. The van der Waals surface area contributed by atoms with Gasteiger partial charge in [-0.3, -0.25) is 10.1 Å². The quantitative estimate of drug-likeness (QED) is 0.484. The van der Waals surface area contributed by atoms with E-state index in [1.54, 1.807) is 19.9 Å². The van der Waals surface area contributed by atoms with Gasteiger partial charge in [-0.2, -0.15) is 8.42 Å². The second-order valence-corrected chi connectivity index (χ2v) is 6.86. The summed E-state index contributed by atoms with van der Waals surface area (Å²) in [5, 5.41) is 11.0. The van der Waals surface area contributed by atoms with Crippen LogP contribution < -0.4 is 4.18 Å². The largest absolute Gasteiger partial charge is 0.378 e. The van der Waals surface area contributed by atoms with Gasteiger partial charge in [0.15, 0.2) is 0 Å². The summed E-state index contributed by atoms with van der Waals surface area (Å²) in [5.41, 5.74) is 2.10. The van der Waals surface area contributed by atoms with Crippen LogP contribution in [-0.2, 0) is 10.1 Å². The first kappa shape index (κ1) is 17.0. The van der Waals surface area contributed by atoms with Crippen molar-refractivity contribution in [1.29, 1.82) is 0 Å². The lowest BCUT2D eigenvalue weighted by molar-refractivity contribution is -0.385. The van der Waals surface area contributed by atoms with Crippen LogP contribution >= 0.6 is 0 Å². The van der Waals surface area contributed by atoms with Gasteiger partial charge in [0, 0.05) is 11.6 Å². The average molecular weight is 335 g/mol. The van der Waals surface area contributed by atoms with Gasteiger partial charge in [-0.15, -0.1) is 0 Å². The third kappa shape index (κ3) is 3.19. The maximum Gasteiger partial charge on any atom is 0.339 e. The first-order valence-electron chi connectivity index (χ1n) is 6.90. The molecule has 0 saturated heterocycles. The highest BCUT2D eigenvalue weighted by Crippen LogP contribution is 2.31. The molecule has 0 fully saturated rings. The van der Waals surface area contributed by atoms with Crippen LogP contribution in [0, 0.1) is 37.8 Å². The van der Waals surface area contributed by atoms with Crippen LogP contribution in [0.15, 0.2) is 35.2 Å². The van der Waals surface area contributed by atoms with Crippen molar-refractivity contribution in [3.05, 3.63) is 62.7 Å². The first-order valence-corrected chi connectivity index (χ1v) is 8.31. The summed E-state index contributed by atoms with van der Waals surface area (Å²) in [7, 11) is -4.17. The van der Waals surface area contributed by atoms with E-state index >= 15 is 0 Å². The summed E-state index contributed by atoms with van der Waals surface area (Å²) in [6.07, 6.45) is 0. The molecule has 6 nitrogen and oxygen atoms in total. The molecule has 0 saturated carbocycles. The second-order valence-electron chi connectivity index (χ2n) is 5.35. The predicted molar refractivity (Wildman–Crippen MR) is 86.3 cm³/mol. The minimum absolute atomic E-state index is 0.0560. The molecule has 23 heavy (non-hydrogen) atoms. The number of nitro groups is 1. The Morgan fingerprint density at radius 3 is 2.17 bits per heavy atom. The van der Waals surface area contributed by atoms with Crippen LogP contribution in [0.4, 0.5) is 5.69 Å². The molecule has 0 aliphatic carbocycles. The third-order valence-corrected chi connectivity index (χ3v) is 5.16. The molecule has 2 rings (SSSR count). The van der Waals surface area contributed by atoms with Crippen molar-refractivity contribution in [3.63, 3.8) is 0 Å². The highest BCUT2D eigenvalue weighted by atomic mass is 32.2. The third-order valence-electron chi connectivity index (χ3n) is 3.79. The Morgan fingerprint density at radius 1 is 0.957 bits per heavy atom. The molecule has 0 N–H and O–H groups in total. The topological polar surface area (TPSA) is 86.5 Å². The van der Waals surface area contributed by atoms with E-state index < -0.39 is 15.0 Å². The van der Waals surface area contributed by atoms with Gasteiger partial charge in [-0.1, -0.05) is 18.2 Å². The number of nitro benzene ring substituents is 1. The molecule has 0 aliphatic rings. The molecule has 0 atom stereocenters. The number of nitrogens with zero attached hydrogens (tertiary/aromatic N) is 1. The van der Waals surface area contributed by atoms with Gasteiger partial charge in [0.05, 0.1) is 4.92 Å². The lowest BCUT2D eigenvalue weighted by atomic mass is 10.1. The van der Waals surface area contributed by atoms with Gasteiger partial charge in [0.25, 0.3) is 5.69 Å². The minimum atomic E-state index is -4.17. The van der Waals surface area contributed by atoms with Gasteiger partial charge in [0.2, 0.25) is 0 Å². The Labute approximate surface area is 135 Å². The van der Waals surface area contributed by atoms with Crippen LogP contribution in [0.5, 0.6) is 5.75 Å². The highest BCUT2D eigenvalue weighted by Gasteiger charge is 2.26. The summed E-state index contributed by atoms with van der Waals surface area (Å²) >= 11 is 0. The Hall–Kier alpha value is -2.41. The van der Waals surface area contributed by atoms with E-state index in [4.69, 9.17) is 4.18 Å². The number of hydrogen-bond donors (Lipinski definition) is 0. The molecular formula is C16H17NO5S. The zero-order valence-electron chi connectivity index (χ0n) is 13.3. The number of hydrogen-bond acceptors (Lipinski definition) is 5. The maximum absolute atomic E-state index is 12.6. The lowest BCUT2D eigenvalue weighted by Crippen LogP contribution is -2.13. The van der Waals surface area contributed by atoms with Crippen molar-refractivity contribution in [1.82, 2.24) is 0 Å². The Morgan fingerprint density at radius 2 is 1.57 bits per heavy atom. The van der Waals surface area contributed by atoms with E-state index in [0.717, 1.165) is 11.1 Å². The van der Waals surface area contributed by atoms with E-state index in [-0.39, 0.29) is 21.9 Å². The van der Waals surface area contributed by atoms with Gasteiger partial charge in [-0.25, -0.2) is 0 Å². The number of aryl methyl sites for hydroxylation is 2. The molecule has 7 heteroatoms.